The van der Waals surface area contributed by atoms with Crippen LogP contribution in [0.1, 0.15) is 21.4 Å². The van der Waals surface area contributed by atoms with Gasteiger partial charge in [0.1, 0.15) is 11.1 Å². The first-order valence-electron chi connectivity index (χ1n) is 6.17. The van der Waals surface area contributed by atoms with E-state index >= 15 is 0 Å². The van der Waals surface area contributed by atoms with Crippen molar-refractivity contribution in [3.63, 3.8) is 0 Å². The number of carbonyl (C=O) groups excluding carboxylic acids is 1. The fourth-order valence-electron chi connectivity index (χ4n) is 1.74. The normalized spacial score (nSPS) is 12.0. The number of alkyl halides is 1. The molecule has 0 spiro atoms. The third kappa shape index (κ3) is 3.32. The predicted molar refractivity (Wildman–Crippen MR) is 84.0 cm³/mol. The second-order valence-corrected chi connectivity index (χ2v) is 6.17. The van der Waals surface area contributed by atoms with Crippen molar-refractivity contribution in [2.75, 3.05) is 12.4 Å². The molecule has 1 heterocycles. The summed E-state index contributed by atoms with van der Waals surface area (Å²) < 4.78 is 5.08. The molecule has 2 aromatic rings. The lowest BCUT2D eigenvalue weighted by molar-refractivity contribution is -0.115. The van der Waals surface area contributed by atoms with Gasteiger partial charge in [-0.1, -0.05) is 12.1 Å². The molecule has 1 amide bonds. The fraction of sp³-hybridized carbons (Fsp3) is 0.267. The summed E-state index contributed by atoms with van der Waals surface area (Å²) in [5.41, 5.74) is 1.91. The zero-order chi connectivity index (χ0) is 14.7. The zero-order valence-electron chi connectivity index (χ0n) is 11.6. The second-order valence-electron chi connectivity index (χ2n) is 4.47. The number of benzene rings is 1. The molecule has 1 unspecified atom stereocenters. The highest BCUT2D eigenvalue weighted by Crippen LogP contribution is 2.29. The van der Waals surface area contributed by atoms with Crippen LogP contribution in [-0.2, 0) is 4.79 Å². The van der Waals surface area contributed by atoms with Crippen LogP contribution in [-0.4, -0.2) is 13.0 Å². The van der Waals surface area contributed by atoms with Gasteiger partial charge in [-0.25, -0.2) is 0 Å². The maximum Gasteiger partial charge on any atom is 0.247 e. The summed E-state index contributed by atoms with van der Waals surface area (Å²) in [5, 5.41) is 2.95. The molecular formula is C15H16ClNO2S. The van der Waals surface area contributed by atoms with Crippen LogP contribution < -0.4 is 10.1 Å². The Morgan fingerprint density at radius 1 is 1.30 bits per heavy atom. The minimum Gasteiger partial charge on any atom is -0.497 e. The highest BCUT2D eigenvalue weighted by molar-refractivity contribution is 7.16. The van der Waals surface area contributed by atoms with E-state index in [4.69, 9.17) is 16.3 Å². The molecule has 0 fully saturated rings. The van der Waals surface area contributed by atoms with E-state index in [1.165, 1.54) is 10.4 Å². The minimum absolute atomic E-state index is 0.224. The highest BCUT2D eigenvalue weighted by Gasteiger charge is 2.18. The first-order chi connectivity index (χ1) is 9.51. The van der Waals surface area contributed by atoms with Gasteiger partial charge < -0.3 is 10.1 Å². The number of aryl methyl sites for hydroxylation is 2. The molecule has 1 N–H and O–H groups in total. The van der Waals surface area contributed by atoms with Crippen molar-refractivity contribution in [3.05, 3.63) is 46.3 Å². The van der Waals surface area contributed by atoms with Crippen molar-refractivity contribution >= 4 is 33.8 Å². The topological polar surface area (TPSA) is 38.3 Å². The number of thiophene rings is 1. The lowest BCUT2D eigenvalue weighted by Crippen LogP contribution is -2.16. The Hall–Kier alpha value is -1.52. The molecule has 0 aliphatic rings. The minimum atomic E-state index is -0.719. The van der Waals surface area contributed by atoms with Crippen molar-refractivity contribution in [3.8, 4) is 5.75 Å². The van der Waals surface area contributed by atoms with Crippen LogP contribution in [0.15, 0.2) is 30.3 Å². The van der Waals surface area contributed by atoms with Gasteiger partial charge in [-0.2, -0.15) is 0 Å². The summed E-state index contributed by atoms with van der Waals surface area (Å²) in [6.45, 7) is 4.04. The van der Waals surface area contributed by atoms with Gasteiger partial charge in [0, 0.05) is 4.88 Å². The number of methoxy groups -OCH3 is 1. The monoisotopic (exact) mass is 309 g/mol. The lowest BCUT2D eigenvalue weighted by atomic mass is 10.1. The van der Waals surface area contributed by atoms with Crippen LogP contribution in [0.5, 0.6) is 5.75 Å². The van der Waals surface area contributed by atoms with Gasteiger partial charge in [-0.3, -0.25) is 4.79 Å². The molecule has 2 rings (SSSR count). The van der Waals surface area contributed by atoms with Gasteiger partial charge in [-0.05, 0) is 43.2 Å². The van der Waals surface area contributed by atoms with E-state index in [-0.39, 0.29) is 5.91 Å². The molecule has 0 saturated carbocycles. The highest BCUT2D eigenvalue weighted by atomic mass is 35.5. The number of anilines is 1. The van der Waals surface area contributed by atoms with Crippen molar-refractivity contribution in [1.82, 2.24) is 0 Å². The molecular weight excluding hydrogens is 294 g/mol. The van der Waals surface area contributed by atoms with E-state index in [2.05, 4.69) is 5.32 Å². The third-order valence-electron chi connectivity index (χ3n) is 3.05. The lowest BCUT2D eigenvalue weighted by Gasteiger charge is -2.10. The summed E-state index contributed by atoms with van der Waals surface area (Å²) in [6, 6.07) is 9.12. The number of amides is 1. The number of halogens is 1. The van der Waals surface area contributed by atoms with E-state index in [1.54, 1.807) is 42.7 Å². The average molecular weight is 310 g/mol. The van der Waals surface area contributed by atoms with Gasteiger partial charge in [0.25, 0.3) is 0 Å². The SMILES string of the molecule is COc1ccc(C(Cl)C(=O)Nc2cc(C)c(C)s2)cc1. The molecule has 0 radical (unpaired) electrons. The quantitative estimate of drug-likeness (QED) is 0.855. The Morgan fingerprint density at radius 3 is 2.45 bits per heavy atom. The van der Waals surface area contributed by atoms with Crippen LogP contribution in [0.4, 0.5) is 5.00 Å². The molecule has 0 bridgehead atoms. The van der Waals surface area contributed by atoms with Gasteiger partial charge in [0.15, 0.2) is 0 Å². The van der Waals surface area contributed by atoms with Gasteiger partial charge in [0.05, 0.1) is 12.1 Å². The van der Waals surface area contributed by atoms with E-state index in [0.29, 0.717) is 0 Å². The Morgan fingerprint density at radius 2 is 1.95 bits per heavy atom. The zero-order valence-corrected chi connectivity index (χ0v) is 13.1. The van der Waals surface area contributed by atoms with Crippen LogP contribution in [0, 0.1) is 13.8 Å². The van der Waals surface area contributed by atoms with Crippen LogP contribution >= 0.6 is 22.9 Å². The van der Waals surface area contributed by atoms with Crippen LogP contribution in [0.25, 0.3) is 0 Å². The molecule has 5 heteroatoms. The smallest absolute Gasteiger partial charge is 0.247 e. The fourth-order valence-corrected chi connectivity index (χ4v) is 2.88. The molecule has 1 aromatic carbocycles. The first-order valence-corrected chi connectivity index (χ1v) is 7.42. The Labute approximate surface area is 127 Å². The number of ether oxygens (including phenoxy) is 1. The summed E-state index contributed by atoms with van der Waals surface area (Å²) in [5.74, 6) is 0.514. The van der Waals surface area contributed by atoms with Crippen LogP contribution in [0.2, 0.25) is 0 Å². The molecule has 20 heavy (non-hydrogen) atoms. The van der Waals surface area contributed by atoms with Crippen LogP contribution in [0.3, 0.4) is 0 Å². The van der Waals surface area contributed by atoms with E-state index < -0.39 is 5.38 Å². The van der Waals surface area contributed by atoms with Crippen molar-refractivity contribution in [1.29, 1.82) is 0 Å². The molecule has 3 nitrogen and oxygen atoms in total. The Kier molecular flexibility index (Phi) is 4.68. The average Bonchev–Trinajstić information content (AvgIpc) is 2.76. The number of hydrogen-bond acceptors (Lipinski definition) is 3. The third-order valence-corrected chi connectivity index (χ3v) is 4.57. The Bertz CT molecular complexity index is 587. The summed E-state index contributed by atoms with van der Waals surface area (Å²) in [6.07, 6.45) is 0. The summed E-state index contributed by atoms with van der Waals surface area (Å²) >= 11 is 7.75. The summed E-state index contributed by atoms with van der Waals surface area (Å²) in [4.78, 5) is 13.3. The van der Waals surface area contributed by atoms with E-state index in [9.17, 15) is 4.79 Å². The molecule has 0 saturated heterocycles. The predicted octanol–water partition coefficient (Wildman–Crippen LogP) is 4.29. The standard InChI is InChI=1S/C15H16ClNO2S/c1-9-8-13(20-10(9)2)17-15(18)14(16)11-4-6-12(19-3)7-5-11/h4-8,14H,1-3H3,(H,17,18). The molecule has 1 aromatic heterocycles. The molecule has 1 atom stereocenters. The molecule has 0 aliphatic heterocycles. The second kappa shape index (κ2) is 6.29. The maximum absolute atomic E-state index is 12.1. The largest absolute Gasteiger partial charge is 0.497 e. The number of rotatable bonds is 4. The molecule has 106 valence electrons. The van der Waals surface area contributed by atoms with Crippen molar-refractivity contribution < 1.29 is 9.53 Å². The van der Waals surface area contributed by atoms with E-state index in [1.807, 2.05) is 19.9 Å². The van der Waals surface area contributed by atoms with Crippen molar-refractivity contribution in [2.45, 2.75) is 19.2 Å². The summed E-state index contributed by atoms with van der Waals surface area (Å²) in [7, 11) is 1.60. The van der Waals surface area contributed by atoms with Crippen molar-refractivity contribution in [2.24, 2.45) is 0 Å². The molecule has 0 aliphatic carbocycles. The number of hydrogen-bond donors (Lipinski definition) is 1. The number of nitrogens with one attached hydrogen (secondary N) is 1. The number of carbonyl (C=O) groups is 1. The van der Waals surface area contributed by atoms with Gasteiger partial charge in [0.2, 0.25) is 5.91 Å². The van der Waals surface area contributed by atoms with Gasteiger partial charge >= 0.3 is 0 Å². The van der Waals surface area contributed by atoms with E-state index in [0.717, 1.165) is 16.3 Å². The first kappa shape index (κ1) is 14.9. The Balaban J connectivity index is 2.07. The maximum atomic E-state index is 12.1. The van der Waals surface area contributed by atoms with Gasteiger partial charge in [-0.15, -0.1) is 22.9 Å².